The summed E-state index contributed by atoms with van der Waals surface area (Å²) < 4.78 is 18.9. The monoisotopic (exact) mass is 395 g/mol. The normalized spacial score (nSPS) is 17.5. The number of rotatable bonds is 2. The first-order chi connectivity index (χ1) is 14.3. The first-order valence-corrected chi connectivity index (χ1v) is 10.1. The molecule has 5 rings (SSSR count). The predicted molar refractivity (Wildman–Crippen MR) is 120 cm³/mol. The average Bonchev–Trinajstić information content (AvgIpc) is 3.20. The summed E-state index contributed by atoms with van der Waals surface area (Å²) in [5, 5.41) is 11.3. The van der Waals surface area contributed by atoms with Crippen molar-refractivity contribution >= 4 is 34.5 Å². The van der Waals surface area contributed by atoms with E-state index in [0.717, 1.165) is 38.5 Å². The van der Waals surface area contributed by atoms with Crippen molar-refractivity contribution in [3.63, 3.8) is 0 Å². The zero-order valence-electron chi connectivity index (χ0n) is 17.5. The van der Waals surface area contributed by atoms with Crippen LogP contribution in [0.4, 0.5) is 0 Å². The van der Waals surface area contributed by atoms with Crippen molar-refractivity contribution in [3.05, 3.63) is 66.2 Å². The highest BCUT2D eigenvalue weighted by Gasteiger charge is 2.52. The van der Waals surface area contributed by atoms with Crippen LogP contribution < -0.4 is 5.46 Å². The molecular weight excluding hydrogens is 373 g/mol. The molecule has 1 saturated heterocycles. The first-order valence-electron chi connectivity index (χ1n) is 10.1. The molecule has 4 nitrogen and oxygen atoms in total. The lowest BCUT2D eigenvalue weighted by atomic mass is 9.73. The maximum atomic E-state index is 9.22. The van der Waals surface area contributed by atoms with E-state index >= 15 is 0 Å². The van der Waals surface area contributed by atoms with Gasteiger partial charge in [0.25, 0.3) is 0 Å². The number of hydrogen-bond acceptors (Lipinski definition) is 4. The Bertz CT molecular complexity index is 1300. The number of nitrogens with zero attached hydrogens (tertiary/aromatic N) is 1. The van der Waals surface area contributed by atoms with Crippen LogP contribution >= 0.6 is 0 Å². The molecule has 30 heavy (non-hydrogen) atoms. The summed E-state index contributed by atoms with van der Waals surface area (Å²) in [5.74, 6) is 0. The average molecular weight is 395 g/mol. The Labute approximate surface area is 176 Å². The van der Waals surface area contributed by atoms with Gasteiger partial charge in [-0.25, -0.2) is 0 Å². The van der Waals surface area contributed by atoms with Gasteiger partial charge in [-0.2, -0.15) is 5.26 Å². The lowest BCUT2D eigenvalue weighted by Gasteiger charge is -2.32. The van der Waals surface area contributed by atoms with E-state index in [4.69, 9.17) is 13.7 Å². The van der Waals surface area contributed by atoms with Crippen molar-refractivity contribution in [2.75, 3.05) is 0 Å². The Morgan fingerprint density at radius 1 is 0.800 bits per heavy atom. The zero-order chi connectivity index (χ0) is 21.1. The van der Waals surface area contributed by atoms with Crippen LogP contribution in [0.2, 0.25) is 0 Å². The van der Waals surface area contributed by atoms with Crippen LogP contribution in [0, 0.1) is 11.3 Å². The minimum atomic E-state index is -0.501. The van der Waals surface area contributed by atoms with Crippen molar-refractivity contribution in [2.24, 2.45) is 0 Å². The predicted octanol–water partition coefficient (Wildman–Crippen LogP) is 5.42. The molecule has 1 aliphatic heterocycles. The van der Waals surface area contributed by atoms with Crippen LogP contribution in [-0.4, -0.2) is 18.3 Å². The van der Waals surface area contributed by atoms with Crippen LogP contribution in [0.1, 0.15) is 33.3 Å². The Balaban J connectivity index is 1.81. The van der Waals surface area contributed by atoms with Crippen molar-refractivity contribution in [2.45, 2.75) is 38.9 Å². The maximum Gasteiger partial charge on any atom is 0.495 e. The third-order valence-electron chi connectivity index (χ3n) is 6.39. The van der Waals surface area contributed by atoms with Gasteiger partial charge < -0.3 is 13.7 Å². The van der Waals surface area contributed by atoms with Crippen molar-refractivity contribution in [1.82, 2.24) is 0 Å². The van der Waals surface area contributed by atoms with Crippen molar-refractivity contribution < 1.29 is 13.7 Å². The Morgan fingerprint density at radius 2 is 1.47 bits per heavy atom. The van der Waals surface area contributed by atoms with Gasteiger partial charge in [-0.05, 0) is 68.6 Å². The van der Waals surface area contributed by atoms with E-state index in [1.165, 1.54) is 0 Å². The van der Waals surface area contributed by atoms with Gasteiger partial charge in [0.05, 0.1) is 22.8 Å². The van der Waals surface area contributed by atoms with E-state index in [0.29, 0.717) is 5.56 Å². The fraction of sp³-hybridized carbons (Fsp3) is 0.240. The van der Waals surface area contributed by atoms with Crippen LogP contribution in [0.5, 0.6) is 0 Å². The topological polar surface area (TPSA) is 55.4 Å². The number of benzene rings is 3. The van der Waals surface area contributed by atoms with Gasteiger partial charge in [0.15, 0.2) is 0 Å². The molecule has 3 aromatic carbocycles. The smallest absolute Gasteiger partial charge is 0.456 e. The molecule has 0 bridgehead atoms. The second-order valence-electron chi connectivity index (χ2n) is 8.78. The standard InChI is InChI=1S/C25H22BNO3/c1-24(2)25(3,4)30-26(29-24)19-13-14-21-23(18-7-5-6-8-20(18)28-21)22(19)17-11-9-16(15-27)10-12-17/h5-14H,1-4H3. The fourth-order valence-electron chi connectivity index (χ4n) is 4.02. The Morgan fingerprint density at radius 3 is 2.13 bits per heavy atom. The van der Waals surface area contributed by atoms with Crippen molar-refractivity contribution in [1.29, 1.82) is 5.26 Å². The molecule has 1 fully saturated rings. The molecule has 0 unspecified atom stereocenters. The molecule has 5 heteroatoms. The molecule has 0 spiro atoms. The number of para-hydroxylation sites is 1. The quantitative estimate of drug-likeness (QED) is 0.425. The molecule has 0 saturated carbocycles. The van der Waals surface area contributed by atoms with E-state index in [1.54, 1.807) is 0 Å². The number of furan rings is 1. The van der Waals surface area contributed by atoms with E-state index in [1.807, 2.05) is 54.6 Å². The lowest BCUT2D eigenvalue weighted by Crippen LogP contribution is -2.41. The largest absolute Gasteiger partial charge is 0.495 e. The number of fused-ring (bicyclic) bond motifs is 3. The molecular formula is C25H22BNO3. The van der Waals surface area contributed by atoms with Gasteiger partial charge >= 0.3 is 7.12 Å². The molecule has 1 aliphatic rings. The minimum Gasteiger partial charge on any atom is -0.456 e. The van der Waals surface area contributed by atoms with Gasteiger partial charge in [-0.3, -0.25) is 0 Å². The SMILES string of the molecule is CC1(C)OB(c2ccc3oc4ccccc4c3c2-c2ccc(C#N)cc2)OC1(C)C. The highest BCUT2D eigenvalue weighted by molar-refractivity contribution is 6.64. The second-order valence-corrected chi connectivity index (χ2v) is 8.78. The third kappa shape index (κ3) is 2.76. The van der Waals surface area contributed by atoms with Crippen LogP contribution in [0.3, 0.4) is 0 Å². The summed E-state index contributed by atoms with van der Waals surface area (Å²) in [4.78, 5) is 0. The molecule has 0 atom stereocenters. The Hall–Kier alpha value is -3.07. The van der Waals surface area contributed by atoms with Gasteiger partial charge in [0, 0.05) is 10.8 Å². The van der Waals surface area contributed by atoms with Gasteiger partial charge in [-0.1, -0.05) is 36.4 Å². The zero-order valence-corrected chi connectivity index (χ0v) is 17.5. The molecule has 2 heterocycles. The summed E-state index contributed by atoms with van der Waals surface area (Å²) in [7, 11) is -0.501. The second kappa shape index (κ2) is 6.47. The molecule has 0 amide bonds. The summed E-state index contributed by atoms with van der Waals surface area (Å²) in [6.45, 7) is 8.22. The molecule has 4 aromatic rings. The van der Waals surface area contributed by atoms with E-state index in [-0.39, 0.29) is 0 Å². The van der Waals surface area contributed by atoms with Crippen LogP contribution in [0.15, 0.2) is 65.1 Å². The number of hydrogen-bond donors (Lipinski definition) is 0. The third-order valence-corrected chi connectivity index (χ3v) is 6.39. The number of nitriles is 1. The highest BCUT2D eigenvalue weighted by atomic mass is 16.7. The highest BCUT2D eigenvalue weighted by Crippen LogP contribution is 2.40. The molecule has 0 radical (unpaired) electrons. The van der Waals surface area contributed by atoms with E-state index in [9.17, 15) is 5.26 Å². The van der Waals surface area contributed by atoms with Crippen LogP contribution in [-0.2, 0) is 9.31 Å². The first kappa shape index (κ1) is 18.9. The van der Waals surface area contributed by atoms with Crippen molar-refractivity contribution in [3.8, 4) is 17.2 Å². The maximum absolute atomic E-state index is 9.22. The summed E-state index contributed by atoms with van der Waals surface area (Å²) in [6, 6.07) is 21.9. The Kier molecular flexibility index (Phi) is 4.08. The summed E-state index contributed by atoms with van der Waals surface area (Å²) >= 11 is 0. The van der Waals surface area contributed by atoms with E-state index < -0.39 is 18.3 Å². The minimum absolute atomic E-state index is 0.437. The van der Waals surface area contributed by atoms with Gasteiger partial charge in [0.2, 0.25) is 0 Å². The fourth-order valence-corrected chi connectivity index (χ4v) is 4.02. The molecule has 1 aromatic heterocycles. The lowest BCUT2D eigenvalue weighted by molar-refractivity contribution is 0.00578. The summed E-state index contributed by atoms with van der Waals surface area (Å²) in [6.07, 6.45) is 0. The van der Waals surface area contributed by atoms with Gasteiger partial charge in [0.1, 0.15) is 11.2 Å². The molecule has 0 N–H and O–H groups in total. The van der Waals surface area contributed by atoms with E-state index in [2.05, 4.69) is 39.8 Å². The summed E-state index contributed by atoms with van der Waals surface area (Å²) in [5.41, 5.74) is 4.37. The molecule has 148 valence electrons. The van der Waals surface area contributed by atoms with Crippen LogP contribution in [0.25, 0.3) is 33.1 Å². The molecule has 0 aliphatic carbocycles. The van der Waals surface area contributed by atoms with Gasteiger partial charge in [-0.15, -0.1) is 0 Å².